The molecule has 2 aliphatic rings. The van der Waals surface area contributed by atoms with E-state index in [1.54, 1.807) is 19.1 Å². The van der Waals surface area contributed by atoms with Gasteiger partial charge in [0, 0.05) is 24.1 Å². The molecule has 0 saturated carbocycles. The minimum atomic E-state index is -1.22. The lowest BCUT2D eigenvalue weighted by atomic mass is 9.89. The quantitative estimate of drug-likeness (QED) is 0.752. The summed E-state index contributed by atoms with van der Waals surface area (Å²) in [5.74, 6) is -0.609. The van der Waals surface area contributed by atoms with Crippen LogP contribution in [0.2, 0.25) is 0 Å². The van der Waals surface area contributed by atoms with Crippen molar-refractivity contribution in [2.24, 2.45) is 0 Å². The Morgan fingerprint density at radius 2 is 2.07 bits per heavy atom. The van der Waals surface area contributed by atoms with Crippen LogP contribution in [0, 0.1) is 5.82 Å². The number of carbonyl (C=O) groups excluding carboxylic acids is 1. The smallest absolute Gasteiger partial charge is 0.319 e. The predicted octanol–water partition coefficient (Wildman–Crippen LogP) is 3.66. The molecule has 28 heavy (non-hydrogen) atoms. The van der Waals surface area contributed by atoms with Gasteiger partial charge in [-0.25, -0.2) is 13.6 Å². The molecule has 0 saturated heterocycles. The summed E-state index contributed by atoms with van der Waals surface area (Å²) in [6.45, 7) is 0.755. The van der Waals surface area contributed by atoms with Crippen molar-refractivity contribution in [1.29, 1.82) is 0 Å². The molecule has 0 aromatic heterocycles. The zero-order valence-electron chi connectivity index (χ0n) is 15.5. The summed E-state index contributed by atoms with van der Waals surface area (Å²) in [5.41, 5.74) is 1.82. The maximum Gasteiger partial charge on any atom is 0.319 e. The number of benzene rings is 2. The Morgan fingerprint density at radius 1 is 1.29 bits per heavy atom. The van der Waals surface area contributed by atoms with Crippen molar-refractivity contribution in [2.45, 2.75) is 43.9 Å². The van der Waals surface area contributed by atoms with Gasteiger partial charge in [-0.05, 0) is 36.6 Å². The molecule has 1 heterocycles. The van der Waals surface area contributed by atoms with E-state index in [0.717, 1.165) is 11.1 Å². The summed E-state index contributed by atoms with van der Waals surface area (Å²) in [6.07, 6.45) is 0.779. The number of urea groups is 1. The number of para-hydroxylation sites is 1. The second kappa shape index (κ2) is 7.05. The number of amides is 2. The maximum absolute atomic E-state index is 14.2. The highest BCUT2D eigenvalue weighted by atomic mass is 19.1. The highest BCUT2D eigenvalue weighted by Crippen LogP contribution is 2.41. The molecule has 0 spiro atoms. The first-order chi connectivity index (χ1) is 13.4. The van der Waals surface area contributed by atoms with Crippen molar-refractivity contribution in [1.82, 2.24) is 5.32 Å². The topological polar surface area (TPSA) is 70.6 Å². The largest absolute Gasteiger partial charge is 0.481 e. The number of hydrogen-bond donors (Lipinski definition) is 3. The summed E-state index contributed by atoms with van der Waals surface area (Å²) < 4.78 is 33.3. The van der Waals surface area contributed by atoms with Gasteiger partial charge in [-0.3, -0.25) is 0 Å². The van der Waals surface area contributed by atoms with E-state index in [1.807, 2.05) is 12.1 Å². The lowest BCUT2D eigenvalue weighted by Gasteiger charge is -2.38. The Kier molecular flexibility index (Phi) is 4.71. The van der Waals surface area contributed by atoms with Crippen LogP contribution in [-0.4, -0.2) is 29.5 Å². The van der Waals surface area contributed by atoms with Crippen molar-refractivity contribution in [3.63, 3.8) is 0 Å². The number of hydrogen-bond acceptors (Lipinski definition) is 3. The highest BCUT2D eigenvalue weighted by Gasteiger charge is 2.39. The monoisotopic (exact) mass is 388 g/mol. The van der Waals surface area contributed by atoms with Crippen molar-refractivity contribution in [3.8, 4) is 5.75 Å². The lowest BCUT2D eigenvalue weighted by molar-refractivity contribution is 0.0223. The average Bonchev–Trinajstić information content (AvgIpc) is 3.04. The Hall–Kier alpha value is -2.67. The molecule has 1 aliphatic carbocycles. The Labute approximate surface area is 161 Å². The van der Waals surface area contributed by atoms with Gasteiger partial charge < -0.3 is 20.5 Å². The first kappa shape index (κ1) is 18.7. The van der Waals surface area contributed by atoms with Gasteiger partial charge >= 0.3 is 6.03 Å². The molecule has 4 rings (SSSR count). The fraction of sp³-hybridized carbons (Fsp3) is 0.381. The van der Waals surface area contributed by atoms with Crippen LogP contribution in [0.4, 0.5) is 19.3 Å². The van der Waals surface area contributed by atoms with Crippen LogP contribution in [-0.2, 0) is 12.8 Å². The van der Waals surface area contributed by atoms with E-state index < -0.39 is 36.3 Å². The summed E-state index contributed by atoms with van der Waals surface area (Å²) in [5, 5.41) is 15.5. The van der Waals surface area contributed by atoms with Gasteiger partial charge in [0.2, 0.25) is 0 Å². The third-order valence-electron chi connectivity index (χ3n) is 5.36. The van der Waals surface area contributed by atoms with Gasteiger partial charge in [0.05, 0.1) is 12.1 Å². The van der Waals surface area contributed by atoms with Crippen LogP contribution in [0.3, 0.4) is 0 Å². The van der Waals surface area contributed by atoms with Crippen LogP contribution in [0.5, 0.6) is 5.75 Å². The predicted molar refractivity (Wildman–Crippen MR) is 101 cm³/mol. The van der Waals surface area contributed by atoms with E-state index in [9.17, 15) is 18.7 Å². The highest BCUT2D eigenvalue weighted by molar-refractivity contribution is 5.90. The molecule has 2 amide bonds. The number of aliphatic hydroxyl groups is 1. The van der Waals surface area contributed by atoms with E-state index in [1.165, 1.54) is 12.1 Å². The number of nitrogens with one attached hydrogen (secondary N) is 2. The Bertz CT molecular complexity index is 921. The Morgan fingerprint density at radius 3 is 2.86 bits per heavy atom. The molecule has 5 nitrogen and oxygen atoms in total. The van der Waals surface area contributed by atoms with E-state index in [0.29, 0.717) is 24.1 Å². The first-order valence-electron chi connectivity index (χ1n) is 9.28. The first-order valence-corrected chi connectivity index (χ1v) is 9.28. The van der Waals surface area contributed by atoms with Gasteiger partial charge in [-0.1, -0.05) is 24.3 Å². The molecule has 0 radical (unpaired) electrons. The van der Waals surface area contributed by atoms with Crippen molar-refractivity contribution < 1.29 is 23.4 Å². The Balaban J connectivity index is 1.55. The molecule has 3 atom stereocenters. The van der Waals surface area contributed by atoms with Crippen LogP contribution in [0.25, 0.3) is 0 Å². The molecule has 1 aliphatic heterocycles. The average molecular weight is 388 g/mol. The normalized spacial score (nSPS) is 25.4. The number of aliphatic hydroxyl groups excluding tert-OH is 1. The van der Waals surface area contributed by atoms with Gasteiger partial charge in [0.15, 0.2) is 11.6 Å². The molecule has 0 fully saturated rings. The van der Waals surface area contributed by atoms with Crippen molar-refractivity contribution in [2.75, 3.05) is 12.0 Å². The fourth-order valence-corrected chi connectivity index (χ4v) is 4.01. The van der Waals surface area contributed by atoms with E-state index >= 15 is 0 Å². The summed E-state index contributed by atoms with van der Waals surface area (Å²) in [7, 11) is 0. The summed E-state index contributed by atoms with van der Waals surface area (Å²) in [4.78, 5) is 12.6. The van der Waals surface area contributed by atoms with Gasteiger partial charge in [-0.15, -0.1) is 0 Å². The lowest BCUT2D eigenvalue weighted by Crippen LogP contribution is -2.45. The minimum Gasteiger partial charge on any atom is -0.481 e. The molecule has 7 heteroatoms. The number of fused-ring (bicyclic) bond motifs is 2. The second-order valence-corrected chi connectivity index (χ2v) is 7.70. The molecular formula is C21H22F2N2O3. The zero-order valence-corrected chi connectivity index (χ0v) is 15.5. The maximum atomic E-state index is 14.2. The SMILES string of the molecule is C[C@]1(CF)C[C@@H](NC(=O)Nc2cccc3c2C[C@H](O)C3)c2cccc(F)c2O1. The fourth-order valence-electron chi connectivity index (χ4n) is 4.01. The number of halogens is 2. The molecule has 2 aromatic rings. The standard InChI is InChI=1S/C21H22F2N2O3/c1-21(11-22)10-18(14-5-3-6-16(23)19(14)28-21)25-20(27)24-17-7-2-4-12-8-13(26)9-15(12)17/h2-7,13,18,26H,8-11H2,1H3,(H2,24,25,27)/t13-,18-,21-/m1/s1. The van der Waals surface area contributed by atoms with Crippen LogP contribution < -0.4 is 15.4 Å². The van der Waals surface area contributed by atoms with Crippen molar-refractivity contribution >= 4 is 11.7 Å². The van der Waals surface area contributed by atoms with Crippen LogP contribution >= 0.6 is 0 Å². The molecule has 0 bridgehead atoms. The zero-order chi connectivity index (χ0) is 19.9. The van der Waals surface area contributed by atoms with Crippen molar-refractivity contribution in [3.05, 3.63) is 58.9 Å². The van der Waals surface area contributed by atoms with E-state index in [2.05, 4.69) is 10.6 Å². The third kappa shape index (κ3) is 3.42. The van der Waals surface area contributed by atoms with Gasteiger partial charge in [-0.2, -0.15) is 0 Å². The van der Waals surface area contributed by atoms with E-state index in [4.69, 9.17) is 4.74 Å². The second-order valence-electron chi connectivity index (χ2n) is 7.70. The van der Waals surface area contributed by atoms with Crippen LogP contribution in [0.1, 0.15) is 36.1 Å². The molecule has 2 aromatic carbocycles. The third-order valence-corrected chi connectivity index (χ3v) is 5.36. The molecule has 0 unspecified atom stereocenters. The molecule has 3 N–H and O–H groups in total. The number of rotatable bonds is 3. The van der Waals surface area contributed by atoms with Gasteiger partial charge in [0.1, 0.15) is 12.3 Å². The van der Waals surface area contributed by atoms with Crippen LogP contribution in [0.15, 0.2) is 36.4 Å². The number of carbonyl (C=O) groups is 1. The number of anilines is 1. The number of alkyl halides is 1. The summed E-state index contributed by atoms with van der Waals surface area (Å²) >= 11 is 0. The van der Waals surface area contributed by atoms with Gasteiger partial charge in [0.25, 0.3) is 0 Å². The number of ether oxygens (including phenoxy) is 1. The minimum absolute atomic E-state index is 0.0251. The molecular weight excluding hydrogens is 366 g/mol. The summed E-state index contributed by atoms with van der Waals surface area (Å²) in [6, 6.07) is 8.91. The van der Waals surface area contributed by atoms with E-state index in [-0.39, 0.29) is 12.2 Å². The molecule has 148 valence electrons.